The molecule has 2 rings (SSSR count). The molecule has 0 saturated heterocycles. The van der Waals surface area contributed by atoms with Gasteiger partial charge < -0.3 is 14.2 Å². The average molecular weight is 293 g/mol. The van der Waals surface area contributed by atoms with Gasteiger partial charge in [-0.15, -0.1) is 0 Å². The quantitative estimate of drug-likeness (QED) is 0.835. The van der Waals surface area contributed by atoms with Crippen LogP contribution in [0, 0.1) is 0 Å². The highest BCUT2D eigenvalue weighted by Crippen LogP contribution is 2.35. The maximum absolute atomic E-state index is 6.15. The Balaban J connectivity index is 2.42. The maximum atomic E-state index is 6.15. The van der Waals surface area contributed by atoms with Gasteiger partial charge in [-0.25, -0.2) is 0 Å². The van der Waals surface area contributed by atoms with Crippen LogP contribution in [0.2, 0.25) is 5.02 Å². The molecule has 0 aliphatic rings. The van der Waals surface area contributed by atoms with Gasteiger partial charge in [0.15, 0.2) is 11.5 Å². The molecular formula is C16H17ClO3. The number of ether oxygens (including phenoxy) is 3. The molecular weight excluding hydrogens is 276 g/mol. The van der Waals surface area contributed by atoms with Crippen molar-refractivity contribution in [2.75, 3.05) is 21.3 Å². The molecule has 4 heteroatoms. The van der Waals surface area contributed by atoms with E-state index in [9.17, 15) is 0 Å². The minimum Gasteiger partial charge on any atom is -0.495 e. The van der Waals surface area contributed by atoms with Gasteiger partial charge in [0.25, 0.3) is 0 Å². The summed E-state index contributed by atoms with van der Waals surface area (Å²) in [6.45, 7) is 0. The number of hydrogen-bond donors (Lipinski definition) is 0. The molecule has 0 fully saturated rings. The fraction of sp³-hybridized carbons (Fsp3) is 0.250. The minimum atomic E-state index is 0.604. The lowest BCUT2D eigenvalue weighted by Gasteiger charge is -2.14. The van der Waals surface area contributed by atoms with E-state index in [-0.39, 0.29) is 0 Å². The maximum Gasteiger partial charge on any atom is 0.164 e. The summed E-state index contributed by atoms with van der Waals surface area (Å²) in [5.41, 5.74) is 2.03. The first-order chi connectivity index (χ1) is 9.71. The van der Waals surface area contributed by atoms with Crippen molar-refractivity contribution < 1.29 is 14.2 Å². The Kier molecular flexibility index (Phi) is 4.74. The van der Waals surface area contributed by atoms with Crippen molar-refractivity contribution in [1.82, 2.24) is 0 Å². The third-order valence-electron chi connectivity index (χ3n) is 3.12. The minimum absolute atomic E-state index is 0.604. The van der Waals surface area contributed by atoms with Crippen molar-refractivity contribution in [2.24, 2.45) is 0 Å². The monoisotopic (exact) mass is 292 g/mol. The highest BCUT2D eigenvalue weighted by atomic mass is 35.5. The Bertz CT molecular complexity index is 596. The molecule has 0 radical (unpaired) electrons. The number of para-hydroxylation sites is 2. The molecule has 106 valence electrons. The number of hydrogen-bond acceptors (Lipinski definition) is 3. The predicted molar refractivity (Wildman–Crippen MR) is 80.4 cm³/mol. The van der Waals surface area contributed by atoms with Crippen LogP contribution in [0.3, 0.4) is 0 Å². The summed E-state index contributed by atoms with van der Waals surface area (Å²) in [5.74, 6) is 2.14. The van der Waals surface area contributed by atoms with E-state index in [2.05, 4.69) is 0 Å². The van der Waals surface area contributed by atoms with E-state index in [1.54, 1.807) is 21.3 Å². The third-order valence-corrected chi connectivity index (χ3v) is 3.42. The first kappa shape index (κ1) is 14.5. The van der Waals surface area contributed by atoms with Gasteiger partial charge >= 0.3 is 0 Å². The molecule has 0 spiro atoms. The number of benzene rings is 2. The highest BCUT2D eigenvalue weighted by molar-refractivity contribution is 6.32. The highest BCUT2D eigenvalue weighted by Gasteiger charge is 2.13. The summed E-state index contributed by atoms with van der Waals surface area (Å²) in [4.78, 5) is 0. The van der Waals surface area contributed by atoms with E-state index in [0.717, 1.165) is 16.9 Å². The van der Waals surface area contributed by atoms with E-state index < -0.39 is 0 Å². The number of halogens is 1. The number of rotatable bonds is 5. The summed E-state index contributed by atoms with van der Waals surface area (Å²) < 4.78 is 16.1. The van der Waals surface area contributed by atoms with Gasteiger partial charge in [0, 0.05) is 17.5 Å². The molecule has 2 aromatic carbocycles. The van der Waals surface area contributed by atoms with Crippen LogP contribution < -0.4 is 14.2 Å². The summed E-state index contributed by atoms with van der Waals surface area (Å²) in [6, 6.07) is 11.5. The average Bonchev–Trinajstić information content (AvgIpc) is 2.47. The molecule has 0 bridgehead atoms. The van der Waals surface area contributed by atoms with Gasteiger partial charge in [-0.2, -0.15) is 0 Å². The van der Waals surface area contributed by atoms with Gasteiger partial charge in [0.05, 0.1) is 26.4 Å². The van der Waals surface area contributed by atoms with Crippen molar-refractivity contribution in [2.45, 2.75) is 6.42 Å². The molecule has 0 heterocycles. The molecule has 3 nitrogen and oxygen atoms in total. The molecule has 0 aliphatic heterocycles. The fourth-order valence-electron chi connectivity index (χ4n) is 2.22. The largest absolute Gasteiger partial charge is 0.495 e. The lowest BCUT2D eigenvalue weighted by Crippen LogP contribution is -1.99. The molecule has 0 aliphatic carbocycles. The fourth-order valence-corrected chi connectivity index (χ4v) is 2.49. The second kappa shape index (κ2) is 6.53. The van der Waals surface area contributed by atoms with Crippen LogP contribution >= 0.6 is 11.6 Å². The predicted octanol–water partition coefficient (Wildman–Crippen LogP) is 3.96. The van der Waals surface area contributed by atoms with Crippen molar-refractivity contribution in [1.29, 1.82) is 0 Å². The summed E-state index contributed by atoms with van der Waals surface area (Å²) in [6.07, 6.45) is 0.657. The molecule has 2 aromatic rings. The van der Waals surface area contributed by atoms with Gasteiger partial charge in [0.1, 0.15) is 5.75 Å². The van der Waals surface area contributed by atoms with E-state index in [0.29, 0.717) is 22.9 Å². The van der Waals surface area contributed by atoms with Crippen molar-refractivity contribution in [3.05, 3.63) is 52.5 Å². The Morgan fingerprint density at radius 1 is 0.800 bits per heavy atom. The van der Waals surface area contributed by atoms with Crippen molar-refractivity contribution >= 4 is 11.6 Å². The summed E-state index contributed by atoms with van der Waals surface area (Å²) in [5, 5.41) is 0.604. The van der Waals surface area contributed by atoms with Crippen LogP contribution in [-0.2, 0) is 6.42 Å². The van der Waals surface area contributed by atoms with Crippen LogP contribution in [0.15, 0.2) is 36.4 Å². The Morgan fingerprint density at radius 3 is 2.00 bits per heavy atom. The van der Waals surface area contributed by atoms with Gasteiger partial charge in [-0.3, -0.25) is 0 Å². The first-order valence-corrected chi connectivity index (χ1v) is 6.60. The molecule has 0 aromatic heterocycles. The van der Waals surface area contributed by atoms with E-state index in [1.165, 1.54) is 0 Å². The Morgan fingerprint density at radius 2 is 1.40 bits per heavy atom. The van der Waals surface area contributed by atoms with Crippen molar-refractivity contribution in [3.8, 4) is 17.2 Å². The zero-order valence-corrected chi connectivity index (χ0v) is 12.5. The summed E-state index contributed by atoms with van der Waals surface area (Å²) in [7, 11) is 4.88. The molecule has 0 unspecified atom stereocenters. The summed E-state index contributed by atoms with van der Waals surface area (Å²) >= 11 is 6.15. The number of methoxy groups -OCH3 is 3. The first-order valence-electron chi connectivity index (χ1n) is 6.22. The van der Waals surface area contributed by atoms with Gasteiger partial charge in [-0.05, 0) is 12.1 Å². The topological polar surface area (TPSA) is 27.7 Å². The normalized spacial score (nSPS) is 10.2. The zero-order valence-electron chi connectivity index (χ0n) is 11.8. The van der Waals surface area contributed by atoms with Crippen LogP contribution in [0.25, 0.3) is 0 Å². The SMILES string of the molecule is COc1cccc(Cc2cccc(Cl)c2OC)c1OC. The van der Waals surface area contributed by atoms with Gasteiger partial charge in [-0.1, -0.05) is 35.9 Å². The van der Waals surface area contributed by atoms with Gasteiger partial charge in [0.2, 0.25) is 0 Å². The lowest BCUT2D eigenvalue weighted by atomic mass is 10.0. The molecule has 0 saturated carbocycles. The third kappa shape index (κ3) is 2.83. The zero-order chi connectivity index (χ0) is 14.5. The van der Waals surface area contributed by atoms with E-state index in [4.69, 9.17) is 25.8 Å². The molecule has 0 amide bonds. The second-order valence-electron chi connectivity index (χ2n) is 4.26. The van der Waals surface area contributed by atoms with E-state index >= 15 is 0 Å². The Hall–Kier alpha value is -1.87. The van der Waals surface area contributed by atoms with Crippen LogP contribution in [-0.4, -0.2) is 21.3 Å². The smallest absolute Gasteiger partial charge is 0.164 e. The second-order valence-corrected chi connectivity index (χ2v) is 4.67. The lowest BCUT2D eigenvalue weighted by molar-refractivity contribution is 0.352. The molecule has 0 atom stereocenters. The molecule has 20 heavy (non-hydrogen) atoms. The van der Waals surface area contributed by atoms with E-state index in [1.807, 2.05) is 36.4 Å². The van der Waals surface area contributed by atoms with Crippen molar-refractivity contribution in [3.63, 3.8) is 0 Å². The van der Waals surface area contributed by atoms with Crippen LogP contribution in [0.1, 0.15) is 11.1 Å². The standard InChI is InChI=1S/C16H17ClO3/c1-18-14-9-5-7-12(16(14)20-3)10-11-6-4-8-13(17)15(11)19-2/h4-9H,10H2,1-3H3. The Labute approximate surface area is 124 Å². The van der Waals surface area contributed by atoms with Crippen LogP contribution in [0.5, 0.6) is 17.2 Å². The molecule has 0 N–H and O–H groups in total. The van der Waals surface area contributed by atoms with Crippen LogP contribution in [0.4, 0.5) is 0 Å².